The van der Waals surface area contributed by atoms with E-state index in [4.69, 9.17) is 9.47 Å². The monoisotopic (exact) mass is 228 g/mol. The quantitative estimate of drug-likeness (QED) is 0.797. The molecule has 17 heavy (non-hydrogen) atoms. The lowest BCUT2D eigenvalue weighted by Crippen LogP contribution is -1.91. The van der Waals surface area contributed by atoms with E-state index in [0.717, 1.165) is 17.1 Å². The largest absolute Gasteiger partial charge is 0.497 e. The van der Waals surface area contributed by atoms with E-state index < -0.39 is 0 Å². The molecular weight excluding hydrogens is 212 g/mol. The molecule has 88 valence electrons. The van der Waals surface area contributed by atoms with Gasteiger partial charge in [0.2, 0.25) is 0 Å². The van der Waals surface area contributed by atoms with Crippen LogP contribution in [0.3, 0.4) is 0 Å². The fourth-order valence-electron chi connectivity index (χ4n) is 1.90. The molecule has 2 aromatic rings. The lowest BCUT2D eigenvalue weighted by molar-refractivity contribution is 0.395. The van der Waals surface area contributed by atoms with Crippen molar-refractivity contribution in [3.05, 3.63) is 48.0 Å². The summed E-state index contributed by atoms with van der Waals surface area (Å²) in [5.41, 5.74) is 3.51. The van der Waals surface area contributed by atoms with Crippen molar-refractivity contribution < 1.29 is 9.47 Å². The Hall–Kier alpha value is -1.96. The normalized spacial score (nSPS) is 10.1. The molecule has 0 unspecified atom stereocenters. The minimum Gasteiger partial charge on any atom is -0.497 e. The number of aryl methyl sites for hydroxylation is 1. The first-order valence-corrected chi connectivity index (χ1v) is 5.54. The van der Waals surface area contributed by atoms with Crippen molar-refractivity contribution in [2.24, 2.45) is 0 Å². The van der Waals surface area contributed by atoms with E-state index in [-0.39, 0.29) is 0 Å². The van der Waals surface area contributed by atoms with Gasteiger partial charge in [-0.1, -0.05) is 24.3 Å². The Labute approximate surface area is 102 Å². The number of rotatable bonds is 3. The molecule has 0 radical (unpaired) electrons. The molecule has 0 saturated carbocycles. The van der Waals surface area contributed by atoms with E-state index in [1.807, 2.05) is 30.3 Å². The van der Waals surface area contributed by atoms with Crippen LogP contribution in [0.2, 0.25) is 0 Å². The van der Waals surface area contributed by atoms with E-state index in [0.29, 0.717) is 0 Å². The van der Waals surface area contributed by atoms with Crippen LogP contribution in [0, 0.1) is 6.92 Å². The third-order valence-electron chi connectivity index (χ3n) is 2.84. The number of benzene rings is 2. The van der Waals surface area contributed by atoms with Gasteiger partial charge < -0.3 is 9.47 Å². The van der Waals surface area contributed by atoms with Crippen molar-refractivity contribution in [1.82, 2.24) is 0 Å². The van der Waals surface area contributed by atoms with Crippen LogP contribution in [0.4, 0.5) is 0 Å². The lowest BCUT2D eigenvalue weighted by atomic mass is 10.00. The first-order valence-electron chi connectivity index (χ1n) is 5.54. The molecule has 0 N–H and O–H groups in total. The number of ether oxygens (including phenoxy) is 2. The van der Waals surface area contributed by atoms with Crippen LogP contribution in [0.5, 0.6) is 11.5 Å². The minimum absolute atomic E-state index is 0.805. The molecule has 0 aliphatic rings. The maximum absolute atomic E-state index is 5.42. The minimum atomic E-state index is 0.805. The number of hydrogen-bond donors (Lipinski definition) is 0. The highest BCUT2D eigenvalue weighted by molar-refractivity contribution is 5.74. The molecule has 0 aliphatic heterocycles. The van der Waals surface area contributed by atoms with Crippen LogP contribution in [0.25, 0.3) is 11.1 Å². The molecule has 2 nitrogen and oxygen atoms in total. The summed E-state index contributed by atoms with van der Waals surface area (Å²) in [6.07, 6.45) is 0. The average Bonchev–Trinajstić information content (AvgIpc) is 2.38. The molecule has 2 rings (SSSR count). The van der Waals surface area contributed by atoms with Gasteiger partial charge in [0.1, 0.15) is 11.5 Å². The third-order valence-corrected chi connectivity index (χ3v) is 2.84. The van der Waals surface area contributed by atoms with Crippen molar-refractivity contribution in [2.75, 3.05) is 14.2 Å². The molecule has 0 atom stereocenters. The zero-order valence-electron chi connectivity index (χ0n) is 10.4. The smallest absolute Gasteiger partial charge is 0.130 e. The predicted molar refractivity (Wildman–Crippen MR) is 69.7 cm³/mol. The summed E-state index contributed by atoms with van der Waals surface area (Å²) >= 11 is 0. The van der Waals surface area contributed by atoms with Gasteiger partial charge in [0, 0.05) is 11.6 Å². The topological polar surface area (TPSA) is 18.5 Å². The molecule has 2 aromatic carbocycles. The molecule has 0 bridgehead atoms. The second-order valence-electron chi connectivity index (χ2n) is 3.88. The summed E-state index contributed by atoms with van der Waals surface area (Å²) in [5.74, 6) is 1.64. The highest BCUT2D eigenvalue weighted by Crippen LogP contribution is 2.34. The SMILES string of the molecule is COc1ccc(-c2ccccc2C)c(OC)c1. The van der Waals surface area contributed by atoms with Crippen molar-refractivity contribution in [2.45, 2.75) is 6.92 Å². The van der Waals surface area contributed by atoms with Gasteiger partial charge in [-0.2, -0.15) is 0 Å². The Morgan fingerprint density at radius 3 is 2.24 bits per heavy atom. The van der Waals surface area contributed by atoms with Gasteiger partial charge in [0.05, 0.1) is 14.2 Å². The maximum atomic E-state index is 5.42. The van der Waals surface area contributed by atoms with Crippen molar-refractivity contribution in [3.8, 4) is 22.6 Å². The Balaban J connectivity index is 2.56. The zero-order chi connectivity index (χ0) is 12.3. The van der Waals surface area contributed by atoms with Gasteiger partial charge in [-0.05, 0) is 30.2 Å². The standard InChI is InChI=1S/C15H16O2/c1-11-6-4-5-7-13(11)14-9-8-12(16-2)10-15(14)17-3/h4-10H,1-3H3. The van der Waals surface area contributed by atoms with Crippen molar-refractivity contribution >= 4 is 0 Å². The van der Waals surface area contributed by atoms with Crippen molar-refractivity contribution in [1.29, 1.82) is 0 Å². The van der Waals surface area contributed by atoms with E-state index >= 15 is 0 Å². The van der Waals surface area contributed by atoms with Crippen LogP contribution in [-0.4, -0.2) is 14.2 Å². The fraction of sp³-hybridized carbons (Fsp3) is 0.200. The van der Waals surface area contributed by atoms with Gasteiger partial charge in [0.25, 0.3) is 0 Å². The van der Waals surface area contributed by atoms with Gasteiger partial charge in [-0.15, -0.1) is 0 Å². The first-order chi connectivity index (χ1) is 8.26. The first kappa shape index (κ1) is 11.5. The summed E-state index contributed by atoms with van der Waals surface area (Å²) in [4.78, 5) is 0. The molecular formula is C15H16O2. The van der Waals surface area contributed by atoms with Crippen LogP contribution in [0.15, 0.2) is 42.5 Å². The van der Waals surface area contributed by atoms with Crippen LogP contribution < -0.4 is 9.47 Å². The predicted octanol–water partition coefficient (Wildman–Crippen LogP) is 3.68. The Morgan fingerprint density at radius 2 is 1.59 bits per heavy atom. The zero-order valence-corrected chi connectivity index (χ0v) is 10.4. The van der Waals surface area contributed by atoms with Gasteiger partial charge in [-0.3, -0.25) is 0 Å². The lowest BCUT2D eigenvalue weighted by Gasteiger charge is -2.12. The van der Waals surface area contributed by atoms with E-state index in [1.54, 1.807) is 14.2 Å². The number of hydrogen-bond acceptors (Lipinski definition) is 2. The summed E-state index contributed by atoms with van der Waals surface area (Å²) in [7, 11) is 3.33. The molecule has 0 spiro atoms. The Kier molecular flexibility index (Phi) is 3.33. The Bertz CT molecular complexity index is 518. The molecule has 0 amide bonds. The number of methoxy groups -OCH3 is 2. The van der Waals surface area contributed by atoms with E-state index in [1.165, 1.54) is 11.1 Å². The highest BCUT2D eigenvalue weighted by atomic mass is 16.5. The van der Waals surface area contributed by atoms with E-state index in [9.17, 15) is 0 Å². The van der Waals surface area contributed by atoms with Gasteiger partial charge in [0.15, 0.2) is 0 Å². The van der Waals surface area contributed by atoms with Crippen LogP contribution >= 0.6 is 0 Å². The molecule has 0 aromatic heterocycles. The van der Waals surface area contributed by atoms with E-state index in [2.05, 4.69) is 19.1 Å². The van der Waals surface area contributed by atoms with Crippen LogP contribution in [-0.2, 0) is 0 Å². The van der Waals surface area contributed by atoms with Gasteiger partial charge in [-0.25, -0.2) is 0 Å². The molecule has 2 heteroatoms. The average molecular weight is 228 g/mol. The third kappa shape index (κ3) is 2.26. The van der Waals surface area contributed by atoms with Gasteiger partial charge >= 0.3 is 0 Å². The second-order valence-corrected chi connectivity index (χ2v) is 3.88. The Morgan fingerprint density at radius 1 is 0.824 bits per heavy atom. The second kappa shape index (κ2) is 4.91. The van der Waals surface area contributed by atoms with Crippen molar-refractivity contribution in [3.63, 3.8) is 0 Å². The maximum Gasteiger partial charge on any atom is 0.130 e. The fourth-order valence-corrected chi connectivity index (χ4v) is 1.90. The molecule has 0 fully saturated rings. The molecule has 0 aliphatic carbocycles. The van der Waals surface area contributed by atoms with Crippen LogP contribution in [0.1, 0.15) is 5.56 Å². The summed E-state index contributed by atoms with van der Waals surface area (Å²) < 4.78 is 10.6. The molecule has 0 heterocycles. The summed E-state index contributed by atoms with van der Waals surface area (Å²) in [5, 5.41) is 0. The molecule has 0 saturated heterocycles. The highest BCUT2D eigenvalue weighted by Gasteiger charge is 2.08. The summed E-state index contributed by atoms with van der Waals surface area (Å²) in [6, 6.07) is 14.1. The summed E-state index contributed by atoms with van der Waals surface area (Å²) in [6.45, 7) is 2.10.